The third kappa shape index (κ3) is 4.06. The fraction of sp³-hybridized carbons (Fsp3) is 0.632. The van der Waals surface area contributed by atoms with Gasteiger partial charge in [0.2, 0.25) is 0 Å². The molecule has 0 spiro atoms. The van der Waals surface area contributed by atoms with E-state index in [0.29, 0.717) is 30.3 Å². The molecule has 0 aromatic heterocycles. The van der Waals surface area contributed by atoms with Gasteiger partial charge in [-0.15, -0.1) is 0 Å². The van der Waals surface area contributed by atoms with Gasteiger partial charge in [-0.2, -0.15) is 13.2 Å². The van der Waals surface area contributed by atoms with Crippen LogP contribution in [0.25, 0.3) is 0 Å². The van der Waals surface area contributed by atoms with Gasteiger partial charge in [-0.05, 0) is 49.8 Å². The van der Waals surface area contributed by atoms with Crippen LogP contribution in [0.3, 0.4) is 0 Å². The zero-order chi connectivity index (χ0) is 19.2. The molecular weight excluding hydrogens is 373 g/mol. The third-order valence-corrected chi connectivity index (χ3v) is 6.16. The number of fused-ring (bicyclic) bond motifs is 1. The zero-order valence-electron chi connectivity index (χ0n) is 15.5. The molecule has 2 atom stereocenters. The lowest BCUT2D eigenvalue weighted by Crippen LogP contribution is -2.55. The Kier molecular flexibility index (Phi) is 5.05. The smallest absolute Gasteiger partial charge is 0.358 e. The number of hydrogen-bond donors (Lipinski definition) is 2. The van der Waals surface area contributed by atoms with Crippen LogP contribution in [0, 0.1) is 5.92 Å². The van der Waals surface area contributed by atoms with Gasteiger partial charge in [0.1, 0.15) is 17.6 Å². The van der Waals surface area contributed by atoms with E-state index < -0.39 is 12.2 Å². The first-order valence-corrected chi connectivity index (χ1v) is 10.4. The molecule has 0 unspecified atom stereocenters. The van der Waals surface area contributed by atoms with E-state index in [9.17, 15) is 13.2 Å². The number of nitrogens with zero attached hydrogens (tertiary/aromatic N) is 2. The van der Waals surface area contributed by atoms with Gasteiger partial charge < -0.3 is 14.9 Å². The first kappa shape index (κ1) is 18.9. The predicted octanol–water partition coefficient (Wildman–Crippen LogP) is 4.63. The van der Waals surface area contributed by atoms with Gasteiger partial charge in [-0.25, -0.2) is 4.99 Å². The number of benzene rings is 1. The fourth-order valence-corrected chi connectivity index (χ4v) is 4.73. The average molecular weight is 398 g/mol. The molecule has 1 saturated carbocycles. The maximum Gasteiger partial charge on any atom is 0.408 e. The van der Waals surface area contributed by atoms with Gasteiger partial charge in [-0.1, -0.05) is 19.9 Å². The highest BCUT2D eigenvalue weighted by Crippen LogP contribution is 2.46. The Balaban J connectivity index is 1.66. The predicted molar refractivity (Wildman–Crippen MR) is 104 cm³/mol. The minimum absolute atomic E-state index is 0.0654. The van der Waals surface area contributed by atoms with Gasteiger partial charge in [0.05, 0.1) is 10.6 Å². The van der Waals surface area contributed by atoms with Crippen molar-refractivity contribution in [2.45, 2.75) is 68.7 Å². The van der Waals surface area contributed by atoms with Gasteiger partial charge in [0, 0.05) is 24.5 Å². The molecule has 4 rings (SSSR count). The molecule has 1 aromatic rings. The third-order valence-electron chi connectivity index (χ3n) is 5.30. The van der Waals surface area contributed by atoms with Crippen LogP contribution in [0.2, 0.25) is 0 Å². The van der Waals surface area contributed by atoms with Crippen molar-refractivity contribution < 1.29 is 13.2 Å². The van der Waals surface area contributed by atoms with Crippen molar-refractivity contribution in [1.29, 1.82) is 0 Å². The summed E-state index contributed by atoms with van der Waals surface area (Å²) in [4.78, 5) is 7.14. The lowest BCUT2D eigenvalue weighted by molar-refractivity contribution is -0.154. The van der Waals surface area contributed by atoms with Gasteiger partial charge in [-0.3, -0.25) is 0 Å². The van der Waals surface area contributed by atoms with Crippen LogP contribution in [0.1, 0.15) is 39.5 Å². The molecule has 1 saturated heterocycles. The average Bonchev–Trinajstić information content (AvgIpc) is 3.45. The van der Waals surface area contributed by atoms with Crippen LogP contribution in [-0.4, -0.2) is 36.7 Å². The maximum absolute atomic E-state index is 13.9. The first-order chi connectivity index (χ1) is 12.8. The largest absolute Gasteiger partial charge is 0.408 e. The zero-order valence-corrected chi connectivity index (χ0v) is 16.3. The highest BCUT2D eigenvalue weighted by molar-refractivity contribution is 7.98. The molecule has 0 radical (unpaired) electrons. The second-order valence-corrected chi connectivity index (χ2v) is 8.74. The van der Waals surface area contributed by atoms with Crippen molar-refractivity contribution in [3.63, 3.8) is 0 Å². The van der Waals surface area contributed by atoms with E-state index in [0.717, 1.165) is 23.6 Å². The van der Waals surface area contributed by atoms with E-state index in [-0.39, 0.29) is 18.5 Å². The number of piperidine rings is 1. The Hall–Kier alpha value is -1.41. The van der Waals surface area contributed by atoms with Crippen LogP contribution in [0.15, 0.2) is 28.1 Å². The Bertz CT molecular complexity index is 730. The standard InChI is InChI=1S/C19H25F3N4S/c1-11(2)23-13-8-9-26(16(10-13)19(20,21)22)14-4-3-5-15-17(14)24-18(25-27-15)12-6-7-12/h3-5,11-13,16,23H,6-10H2,1-2H3,(H,24,25)/t13-,16+/m1/s1. The minimum Gasteiger partial charge on any atom is -0.358 e. The molecular formula is C19H25F3N4S. The Labute approximate surface area is 162 Å². The van der Waals surface area contributed by atoms with Gasteiger partial charge in [0.25, 0.3) is 0 Å². The lowest BCUT2D eigenvalue weighted by atomic mass is 9.95. The van der Waals surface area contributed by atoms with Crippen LogP contribution in [0.4, 0.5) is 24.5 Å². The number of hydrogen-bond acceptors (Lipinski definition) is 5. The normalized spacial score (nSPS) is 25.9. The molecule has 0 bridgehead atoms. The SMILES string of the molecule is CC(C)N[C@@H]1CCN(c2cccc3c2N=C(C2CC2)NS3)[C@H](C(F)(F)F)C1. The summed E-state index contributed by atoms with van der Waals surface area (Å²) in [5.41, 5.74) is 1.29. The molecule has 1 aliphatic carbocycles. The second kappa shape index (κ2) is 7.20. The summed E-state index contributed by atoms with van der Waals surface area (Å²) in [6.07, 6.45) is -1.32. The number of para-hydroxylation sites is 1. The molecule has 2 N–H and O–H groups in total. The van der Waals surface area contributed by atoms with E-state index in [1.165, 1.54) is 16.8 Å². The monoisotopic (exact) mass is 398 g/mol. The molecule has 2 aliphatic heterocycles. The number of nitrogens with one attached hydrogen (secondary N) is 2. The van der Waals surface area contributed by atoms with Crippen LogP contribution in [-0.2, 0) is 0 Å². The van der Waals surface area contributed by atoms with E-state index >= 15 is 0 Å². The maximum atomic E-state index is 13.9. The first-order valence-electron chi connectivity index (χ1n) is 9.57. The summed E-state index contributed by atoms with van der Waals surface area (Å²) in [6, 6.07) is 4.09. The van der Waals surface area contributed by atoms with Crippen molar-refractivity contribution >= 4 is 29.2 Å². The topological polar surface area (TPSA) is 39.7 Å². The van der Waals surface area contributed by atoms with Crippen LogP contribution >= 0.6 is 11.9 Å². The second-order valence-electron chi connectivity index (χ2n) is 7.89. The Morgan fingerprint density at radius 2 is 2.04 bits per heavy atom. The fourth-order valence-electron chi connectivity index (χ4n) is 3.91. The van der Waals surface area contributed by atoms with Crippen LogP contribution in [0.5, 0.6) is 0 Å². The van der Waals surface area contributed by atoms with Crippen molar-refractivity contribution in [3.8, 4) is 0 Å². The van der Waals surface area contributed by atoms with Crippen molar-refractivity contribution in [1.82, 2.24) is 10.0 Å². The molecule has 4 nitrogen and oxygen atoms in total. The summed E-state index contributed by atoms with van der Waals surface area (Å²) < 4.78 is 45.0. The highest BCUT2D eigenvalue weighted by atomic mass is 32.2. The molecule has 3 aliphatic rings. The summed E-state index contributed by atoms with van der Waals surface area (Å²) in [5.74, 6) is 1.33. The molecule has 1 aromatic carbocycles. The van der Waals surface area contributed by atoms with E-state index in [1.807, 2.05) is 26.0 Å². The summed E-state index contributed by atoms with van der Waals surface area (Å²) in [6.45, 7) is 4.32. The van der Waals surface area contributed by atoms with E-state index in [1.54, 1.807) is 6.07 Å². The van der Waals surface area contributed by atoms with Crippen molar-refractivity contribution in [3.05, 3.63) is 18.2 Å². The van der Waals surface area contributed by atoms with E-state index in [4.69, 9.17) is 4.99 Å². The number of halogens is 3. The quantitative estimate of drug-likeness (QED) is 0.725. The van der Waals surface area contributed by atoms with Crippen LogP contribution < -0.4 is 14.9 Å². The van der Waals surface area contributed by atoms with E-state index in [2.05, 4.69) is 10.0 Å². The molecule has 0 amide bonds. The summed E-state index contributed by atoms with van der Waals surface area (Å²) >= 11 is 1.46. The highest BCUT2D eigenvalue weighted by Gasteiger charge is 2.47. The minimum atomic E-state index is -4.27. The van der Waals surface area contributed by atoms with Crippen molar-refractivity contribution in [2.24, 2.45) is 10.9 Å². The molecule has 27 heavy (non-hydrogen) atoms. The Morgan fingerprint density at radius 3 is 2.70 bits per heavy atom. The molecule has 8 heteroatoms. The van der Waals surface area contributed by atoms with Crippen molar-refractivity contribution in [2.75, 3.05) is 11.4 Å². The number of amidine groups is 1. The number of alkyl halides is 3. The number of aliphatic imine (C=N–C) groups is 1. The summed E-state index contributed by atoms with van der Waals surface area (Å²) in [5, 5.41) is 3.28. The molecule has 2 heterocycles. The Morgan fingerprint density at radius 1 is 1.26 bits per heavy atom. The van der Waals surface area contributed by atoms with Gasteiger partial charge in [0.15, 0.2) is 0 Å². The molecule has 148 valence electrons. The number of anilines is 1. The van der Waals surface area contributed by atoms with Gasteiger partial charge >= 0.3 is 6.18 Å². The summed E-state index contributed by atoms with van der Waals surface area (Å²) in [7, 11) is 0. The molecule has 2 fully saturated rings. The number of rotatable bonds is 4. The lowest BCUT2D eigenvalue weighted by Gasteiger charge is -2.43.